The number of benzene rings is 1. The summed E-state index contributed by atoms with van der Waals surface area (Å²) in [6.45, 7) is 1.81. The molecule has 1 heterocycles. The van der Waals surface area contributed by atoms with Crippen LogP contribution in [0.3, 0.4) is 0 Å². The second-order valence-corrected chi connectivity index (χ2v) is 8.23. The summed E-state index contributed by atoms with van der Waals surface area (Å²) in [5.41, 5.74) is -1.15. The maximum absolute atomic E-state index is 12.9. The van der Waals surface area contributed by atoms with Gasteiger partial charge in [-0.1, -0.05) is 22.0 Å². The van der Waals surface area contributed by atoms with Crippen molar-refractivity contribution >= 4 is 26.0 Å². The fourth-order valence-electron chi connectivity index (χ4n) is 2.45. The summed E-state index contributed by atoms with van der Waals surface area (Å²) in [6.07, 6.45) is -3.02. The van der Waals surface area contributed by atoms with Gasteiger partial charge >= 0.3 is 6.18 Å². The Hall–Kier alpha value is -0.600. The highest BCUT2D eigenvalue weighted by Gasteiger charge is 2.36. The molecule has 0 spiro atoms. The first kappa shape index (κ1) is 16.8. The number of nitrogens with zero attached hydrogens (tertiary/aromatic N) is 1. The van der Waals surface area contributed by atoms with E-state index in [0.29, 0.717) is 13.0 Å². The molecule has 0 aliphatic carbocycles. The SMILES string of the molecule is Cc1c(C(F)(F)F)cccc1S(=O)(=O)N1CCCC(Br)C1. The van der Waals surface area contributed by atoms with Gasteiger partial charge in [0.15, 0.2) is 0 Å². The number of rotatable bonds is 2. The predicted octanol–water partition coefficient (Wildman–Crippen LogP) is 3.56. The molecule has 0 N–H and O–H groups in total. The normalized spacial score (nSPS) is 21.5. The maximum atomic E-state index is 12.9. The third kappa shape index (κ3) is 3.43. The largest absolute Gasteiger partial charge is 0.416 e. The van der Waals surface area contributed by atoms with Crippen LogP contribution in [0.2, 0.25) is 0 Å². The van der Waals surface area contributed by atoms with Crippen LogP contribution >= 0.6 is 15.9 Å². The van der Waals surface area contributed by atoms with Gasteiger partial charge in [0, 0.05) is 17.9 Å². The van der Waals surface area contributed by atoms with Crippen LogP contribution in [0.4, 0.5) is 13.2 Å². The van der Waals surface area contributed by atoms with E-state index in [9.17, 15) is 21.6 Å². The van der Waals surface area contributed by atoms with E-state index in [2.05, 4.69) is 15.9 Å². The van der Waals surface area contributed by atoms with E-state index in [1.807, 2.05) is 0 Å². The zero-order valence-electron chi connectivity index (χ0n) is 11.3. The van der Waals surface area contributed by atoms with E-state index in [-0.39, 0.29) is 21.8 Å². The van der Waals surface area contributed by atoms with Crippen LogP contribution in [-0.2, 0) is 16.2 Å². The van der Waals surface area contributed by atoms with Gasteiger partial charge in [0.25, 0.3) is 0 Å². The van der Waals surface area contributed by atoms with Gasteiger partial charge in [0.2, 0.25) is 10.0 Å². The summed E-state index contributed by atoms with van der Waals surface area (Å²) in [5.74, 6) is 0. The molecule has 1 atom stereocenters. The van der Waals surface area contributed by atoms with E-state index in [0.717, 1.165) is 18.6 Å². The van der Waals surface area contributed by atoms with Crippen LogP contribution < -0.4 is 0 Å². The Morgan fingerprint density at radius 3 is 2.57 bits per heavy atom. The van der Waals surface area contributed by atoms with Gasteiger partial charge in [-0.05, 0) is 37.5 Å². The lowest BCUT2D eigenvalue weighted by molar-refractivity contribution is -0.138. The smallest absolute Gasteiger partial charge is 0.207 e. The van der Waals surface area contributed by atoms with Crippen molar-refractivity contribution in [2.75, 3.05) is 13.1 Å². The standard InChI is InChI=1S/C13H15BrF3NO2S/c1-9-11(13(15,16)17)5-2-6-12(9)21(19,20)18-7-3-4-10(14)8-18/h2,5-6,10H,3-4,7-8H2,1H3. The minimum absolute atomic E-state index is 0.0344. The molecule has 1 aromatic rings. The van der Waals surface area contributed by atoms with Crippen LogP contribution in [0, 0.1) is 6.92 Å². The van der Waals surface area contributed by atoms with E-state index in [1.165, 1.54) is 17.3 Å². The molecule has 1 aliphatic rings. The summed E-state index contributed by atoms with van der Waals surface area (Å²) in [5, 5.41) is 0. The summed E-state index contributed by atoms with van der Waals surface area (Å²) in [7, 11) is -3.91. The number of sulfonamides is 1. The first-order chi connectivity index (χ1) is 9.64. The molecule has 1 aromatic carbocycles. The maximum Gasteiger partial charge on any atom is 0.416 e. The Morgan fingerprint density at radius 2 is 2.00 bits per heavy atom. The molecule has 0 aromatic heterocycles. The minimum Gasteiger partial charge on any atom is -0.207 e. The van der Waals surface area contributed by atoms with Gasteiger partial charge in [0.05, 0.1) is 10.5 Å². The molecule has 8 heteroatoms. The van der Waals surface area contributed by atoms with Crippen molar-refractivity contribution in [3.8, 4) is 0 Å². The molecule has 0 bridgehead atoms. The Balaban J connectivity index is 2.46. The van der Waals surface area contributed by atoms with Crippen molar-refractivity contribution in [1.29, 1.82) is 0 Å². The molecule has 0 saturated carbocycles. The highest BCUT2D eigenvalue weighted by molar-refractivity contribution is 9.09. The van der Waals surface area contributed by atoms with Crippen molar-refractivity contribution in [3.05, 3.63) is 29.3 Å². The monoisotopic (exact) mass is 385 g/mol. The third-order valence-corrected chi connectivity index (χ3v) is 6.29. The van der Waals surface area contributed by atoms with Crippen LogP contribution in [-0.4, -0.2) is 30.6 Å². The highest BCUT2D eigenvalue weighted by Crippen LogP contribution is 2.35. The summed E-state index contributed by atoms with van der Waals surface area (Å²) >= 11 is 3.37. The number of hydrogen-bond acceptors (Lipinski definition) is 2. The average Bonchev–Trinajstić information content (AvgIpc) is 2.37. The van der Waals surface area contributed by atoms with Gasteiger partial charge < -0.3 is 0 Å². The molecular weight excluding hydrogens is 371 g/mol. The first-order valence-electron chi connectivity index (χ1n) is 6.45. The van der Waals surface area contributed by atoms with E-state index >= 15 is 0 Å². The molecule has 1 fully saturated rings. The fraction of sp³-hybridized carbons (Fsp3) is 0.538. The van der Waals surface area contributed by atoms with Gasteiger partial charge in [-0.3, -0.25) is 0 Å². The zero-order chi connectivity index (χ0) is 15.8. The number of hydrogen-bond donors (Lipinski definition) is 0. The quantitative estimate of drug-likeness (QED) is 0.729. The molecule has 1 aliphatic heterocycles. The summed E-state index contributed by atoms with van der Waals surface area (Å²) in [6, 6.07) is 3.27. The second-order valence-electron chi connectivity index (χ2n) is 5.03. The molecule has 3 nitrogen and oxygen atoms in total. The Labute approximate surface area is 130 Å². The summed E-state index contributed by atoms with van der Waals surface area (Å²) in [4.78, 5) is -0.231. The number of halogens is 4. The van der Waals surface area contributed by atoms with Gasteiger partial charge in [-0.2, -0.15) is 17.5 Å². The molecular formula is C13H15BrF3NO2S. The van der Waals surface area contributed by atoms with Crippen LogP contribution in [0.5, 0.6) is 0 Å². The zero-order valence-corrected chi connectivity index (χ0v) is 13.7. The number of alkyl halides is 4. The molecule has 21 heavy (non-hydrogen) atoms. The molecule has 118 valence electrons. The Kier molecular flexibility index (Phi) is 4.70. The average molecular weight is 386 g/mol. The van der Waals surface area contributed by atoms with Gasteiger partial charge in [0.1, 0.15) is 0 Å². The fourth-order valence-corrected chi connectivity index (χ4v) is 5.09. The molecule has 0 radical (unpaired) electrons. The van der Waals surface area contributed by atoms with Gasteiger partial charge in [-0.15, -0.1) is 0 Å². The lowest BCUT2D eigenvalue weighted by Gasteiger charge is -2.30. The van der Waals surface area contributed by atoms with E-state index in [4.69, 9.17) is 0 Å². The second kappa shape index (κ2) is 5.89. The Morgan fingerprint density at radius 1 is 1.33 bits per heavy atom. The Bertz CT molecular complexity index is 631. The lowest BCUT2D eigenvalue weighted by Crippen LogP contribution is -2.40. The topological polar surface area (TPSA) is 37.4 Å². The molecule has 2 rings (SSSR count). The predicted molar refractivity (Wildman–Crippen MR) is 76.9 cm³/mol. The minimum atomic E-state index is -4.56. The molecule has 1 saturated heterocycles. The van der Waals surface area contributed by atoms with E-state index < -0.39 is 21.8 Å². The van der Waals surface area contributed by atoms with Crippen molar-refractivity contribution in [2.45, 2.75) is 35.7 Å². The third-order valence-electron chi connectivity index (χ3n) is 3.53. The lowest BCUT2D eigenvalue weighted by atomic mass is 10.1. The van der Waals surface area contributed by atoms with Crippen LogP contribution in [0.1, 0.15) is 24.0 Å². The van der Waals surface area contributed by atoms with Crippen LogP contribution in [0.25, 0.3) is 0 Å². The molecule has 0 amide bonds. The first-order valence-corrected chi connectivity index (χ1v) is 8.80. The highest BCUT2D eigenvalue weighted by atomic mass is 79.9. The van der Waals surface area contributed by atoms with Crippen molar-refractivity contribution in [2.24, 2.45) is 0 Å². The van der Waals surface area contributed by atoms with Crippen molar-refractivity contribution in [3.63, 3.8) is 0 Å². The van der Waals surface area contributed by atoms with Crippen molar-refractivity contribution in [1.82, 2.24) is 4.31 Å². The van der Waals surface area contributed by atoms with Gasteiger partial charge in [-0.25, -0.2) is 8.42 Å². The van der Waals surface area contributed by atoms with Crippen molar-refractivity contribution < 1.29 is 21.6 Å². The molecule has 1 unspecified atom stereocenters. The summed E-state index contributed by atoms with van der Waals surface area (Å²) < 4.78 is 65.1. The van der Waals surface area contributed by atoms with E-state index in [1.54, 1.807) is 0 Å². The van der Waals surface area contributed by atoms with Crippen LogP contribution in [0.15, 0.2) is 23.1 Å². The number of piperidine rings is 1.